The van der Waals surface area contributed by atoms with Gasteiger partial charge in [-0.15, -0.1) is 10.2 Å². The minimum absolute atomic E-state index is 0.0513. The Morgan fingerprint density at radius 2 is 2.17 bits per heavy atom. The molecule has 2 unspecified atom stereocenters. The molecule has 3 aromatic rings. The van der Waals surface area contributed by atoms with Crippen molar-refractivity contribution in [2.45, 2.75) is 19.1 Å². The van der Waals surface area contributed by atoms with Crippen LogP contribution in [0.2, 0.25) is 5.02 Å². The van der Waals surface area contributed by atoms with Gasteiger partial charge in [0.2, 0.25) is 5.13 Å². The standard InChI is InChI=1S/C14H12ClFN4O2S/c1-7(12(21)11-8(15)3-2-4-9(11)16)17-14-19-18-13(23-14)10-5-6-22-20-10/h2-7,12,21H,1H3,(H,17,19). The Bertz CT molecular complexity index is 776. The second-order valence-electron chi connectivity index (χ2n) is 4.81. The summed E-state index contributed by atoms with van der Waals surface area (Å²) in [6.45, 7) is 1.70. The molecule has 0 fully saturated rings. The molecule has 2 atom stereocenters. The topological polar surface area (TPSA) is 84.1 Å². The van der Waals surface area contributed by atoms with Crippen molar-refractivity contribution in [3.8, 4) is 10.7 Å². The van der Waals surface area contributed by atoms with Gasteiger partial charge in [-0.2, -0.15) is 0 Å². The maximum absolute atomic E-state index is 13.9. The van der Waals surface area contributed by atoms with E-state index in [0.717, 1.165) is 0 Å². The molecule has 0 bridgehead atoms. The molecule has 0 aliphatic heterocycles. The fourth-order valence-corrected chi connectivity index (χ4v) is 3.10. The molecule has 1 aromatic carbocycles. The second-order valence-corrected chi connectivity index (χ2v) is 6.19. The molecule has 0 aliphatic carbocycles. The number of hydrogen-bond donors (Lipinski definition) is 2. The zero-order valence-electron chi connectivity index (χ0n) is 11.9. The molecule has 0 radical (unpaired) electrons. The normalized spacial score (nSPS) is 13.7. The largest absolute Gasteiger partial charge is 0.386 e. The predicted molar refractivity (Wildman–Crippen MR) is 84.9 cm³/mol. The van der Waals surface area contributed by atoms with Crippen molar-refractivity contribution in [2.75, 3.05) is 5.32 Å². The molecular weight excluding hydrogens is 343 g/mol. The van der Waals surface area contributed by atoms with E-state index in [4.69, 9.17) is 16.1 Å². The van der Waals surface area contributed by atoms with E-state index < -0.39 is 18.0 Å². The van der Waals surface area contributed by atoms with Crippen LogP contribution in [0.25, 0.3) is 10.7 Å². The quantitative estimate of drug-likeness (QED) is 0.729. The van der Waals surface area contributed by atoms with Crippen LogP contribution in [0, 0.1) is 5.82 Å². The van der Waals surface area contributed by atoms with Gasteiger partial charge in [0, 0.05) is 16.7 Å². The molecular formula is C14H12ClFN4O2S. The van der Waals surface area contributed by atoms with Crippen molar-refractivity contribution in [3.63, 3.8) is 0 Å². The first kappa shape index (κ1) is 15.9. The van der Waals surface area contributed by atoms with Crippen LogP contribution in [0.15, 0.2) is 35.1 Å². The van der Waals surface area contributed by atoms with Gasteiger partial charge in [-0.05, 0) is 19.1 Å². The lowest BCUT2D eigenvalue weighted by Crippen LogP contribution is -2.25. The average Bonchev–Trinajstić information content (AvgIpc) is 3.17. The van der Waals surface area contributed by atoms with Crippen molar-refractivity contribution < 1.29 is 14.0 Å². The predicted octanol–water partition coefficient (Wildman–Crippen LogP) is 3.52. The van der Waals surface area contributed by atoms with Gasteiger partial charge >= 0.3 is 0 Å². The van der Waals surface area contributed by atoms with Crippen LogP contribution in [0.3, 0.4) is 0 Å². The number of aromatic nitrogens is 3. The number of aliphatic hydroxyl groups is 1. The van der Waals surface area contributed by atoms with Crippen LogP contribution in [0.1, 0.15) is 18.6 Å². The van der Waals surface area contributed by atoms with Gasteiger partial charge in [0.05, 0.1) is 6.04 Å². The van der Waals surface area contributed by atoms with Crippen LogP contribution in [0.5, 0.6) is 0 Å². The maximum atomic E-state index is 13.9. The van der Waals surface area contributed by atoms with Gasteiger partial charge in [0.25, 0.3) is 0 Å². The number of benzene rings is 1. The Balaban J connectivity index is 1.75. The third kappa shape index (κ3) is 3.34. The lowest BCUT2D eigenvalue weighted by molar-refractivity contribution is 0.156. The molecule has 3 rings (SSSR count). The first-order valence-electron chi connectivity index (χ1n) is 6.69. The third-order valence-electron chi connectivity index (χ3n) is 3.20. The van der Waals surface area contributed by atoms with E-state index in [1.807, 2.05) is 0 Å². The molecule has 23 heavy (non-hydrogen) atoms. The maximum Gasteiger partial charge on any atom is 0.206 e. The SMILES string of the molecule is CC(Nc1nnc(-c2ccon2)s1)C(O)c1c(F)cccc1Cl. The lowest BCUT2D eigenvalue weighted by atomic mass is 10.0. The fourth-order valence-electron chi connectivity index (χ4n) is 2.02. The van der Waals surface area contributed by atoms with E-state index in [1.165, 1.54) is 35.8 Å². The van der Waals surface area contributed by atoms with Crippen molar-refractivity contribution >= 4 is 28.1 Å². The van der Waals surface area contributed by atoms with Gasteiger partial charge < -0.3 is 14.9 Å². The third-order valence-corrected chi connectivity index (χ3v) is 4.41. The van der Waals surface area contributed by atoms with Gasteiger partial charge in [-0.1, -0.05) is 34.2 Å². The van der Waals surface area contributed by atoms with Crippen molar-refractivity contribution in [3.05, 3.63) is 46.9 Å². The van der Waals surface area contributed by atoms with E-state index in [9.17, 15) is 9.50 Å². The Labute approximate surface area is 139 Å². The number of rotatable bonds is 5. The Hall–Kier alpha value is -2.03. The lowest BCUT2D eigenvalue weighted by Gasteiger charge is -2.21. The fraction of sp³-hybridized carbons (Fsp3) is 0.214. The van der Waals surface area contributed by atoms with Crippen molar-refractivity contribution in [1.29, 1.82) is 0 Å². The molecule has 0 saturated carbocycles. The minimum Gasteiger partial charge on any atom is -0.386 e. The van der Waals surface area contributed by atoms with E-state index in [2.05, 4.69) is 20.7 Å². The highest BCUT2D eigenvalue weighted by atomic mass is 35.5. The molecule has 0 aliphatic rings. The van der Waals surface area contributed by atoms with Crippen LogP contribution in [-0.2, 0) is 0 Å². The monoisotopic (exact) mass is 354 g/mol. The van der Waals surface area contributed by atoms with E-state index in [1.54, 1.807) is 13.0 Å². The highest BCUT2D eigenvalue weighted by molar-refractivity contribution is 7.18. The van der Waals surface area contributed by atoms with Crippen molar-refractivity contribution in [2.24, 2.45) is 0 Å². The molecule has 9 heteroatoms. The summed E-state index contributed by atoms with van der Waals surface area (Å²) in [6, 6.07) is 5.42. The summed E-state index contributed by atoms with van der Waals surface area (Å²) in [5, 5.41) is 26.3. The van der Waals surface area contributed by atoms with Crippen LogP contribution < -0.4 is 5.32 Å². The molecule has 2 heterocycles. The zero-order chi connectivity index (χ0) is 16.4. The smallest absolute Gasteiger partial charge is 0.206 e. The molecule has 2 aromatic heterocycles. The zero-order valence-corrected chi connectivity index (χ0v) is 13.5. The summed E-state index contributed by atoms with van der Waals surface area (Å²) < 4.78 is 18.6. The summed E-state index contributed by atoms with van der Waals surface area (Å²) in [4.78, 5) is 0. The summed E-state index contributed by atoms with van der Waals surface area (Å²) in [7, 11) is 0. The van der Waals surface area contributed by atoms with Gasteiger partial charge in [-0.3, -0.25) is 0 Å². The van der Waals surface area contributed by atoms with Crippen LogP contribution in [0.4, 0.5) is 9.52 Å². The highest BCUT2D eigenvalue weighted by Gasteiger charge is 2.23. The first-order valence-corrected chi connectivity index (χ1v) is 7.88. The highest BCUT2D eigenvalue weighted by Crippen LogP contribution is 2.31. The molecule has 0 amide bonds. The number of anilines is 1. The van der Waals surface area contributed by atoms with Crippen molar-refractivity contribution in [1.82, 2.24) is 15.4 Å². The van der Waals surface area contributed by atoms with E-state index in [0.29, 0.717) is 15.8 Å². The Kier molecular flexibility index (Phi) is 4.56. The van der Waals surface area contributed by atoms with Crippen LogP contribution in [-0.4, -0.2) is 26.5 Å². The first-order chi connectivity index (χ1) is 11.1. The number of nitrogens with one attached hydrogen (secondary N) is 1. The molecule has 2 N–H and O–H groups in total. The summed E-state index contributed by atoms with van der Waals surface area (Å²) in [5.74, 6) is -0.556. The summed E-state index contributed by atoms with van der Waals surface area (Å²) >= 11 is 7.22. The molecule has 0 saturated heterocycles. The molecule has 0 spiro atoms. The number of hydrogen-bond acceptors (Lipinski definition) is 7. The van der Waals surface area contributed by atoms with Gasteiger partial charge in [-0.25, -0.2) is 4.39 Å². The Morgan fingerprint density at radius 3 is 2.87 bits per heavy atom. The summed E-state index contributed by atoms with van der Waals surface area (Å²) in [5.41, 5.74) is 0.622. The molecule has 120 valence electrons. The van der Waals surface area contributed by atoms with Crippen LogP contribution >= 0.6 is 22.9 Å². The minimum atomic E-state index is -1.14. The second kappa shape index (κ2) is 6.61. The Morgan fingerprint density at radius 1 is 1.35 bits per heavy atom. The molecule has 6 nitrogen and oxygen atoms in total. The van der Waals surface area contributed by atoms with E-state index >= 15 is 0 Å². The van der Waals surface area contributed by atoms with E-state index in [-0.39, 0.29) is 10.6 Å². The number of nitrogens with zero attached hydrogens (tertiary/aromatic N) is 3. The van der Waals surface area contributed by atoms with Gasteiger partial charge in [0.1, 0.15) is 23.9 Å². The average molecular weight is 355 g/mol. The summed E-state index contributed by atoms with van der Waals surface area (Å²) in [6.07, 6.45) is 0.305. The number of aliphatic hydroxyl groups excluding tert-OH is 1. The number of halogens is 2. The van der Waals surface area contributed by atoms with Gasteiger partial charge in [0.15, 0.2) is 5.01 Å².